The largest absolute Gasteiger partial charge is 0.459 e. The van der Waals surface area contributed by atoms with Crippen molar-refractivity contribution in [2.24, 2.45) is 0 Å². The van der Waals surface area contributed by atoms with Crippen LogP contribution in [0.1, 0.15) is 28.6 Å². The normalized spacial score (nSPS) is 11.2. The van der Waals surface area contributed by atoms with Crippen molar-refractivity contribution in [2.45, 2.75) is 19.5 Å². The molecule has 0 aliphatic rings. The van der Waals surface area contributed by atoms with Gasteiger partial charge >= 0.3 is 0 Å². The van der Waals surface area contributed by atoms with Crippen LogP contribution in [0.15, 0.2) is 59.7 Å². The zero-order valence-electron chi connectivity index (χ0n) is 13.9. The molecule has 2 rings (SSSR count). The van der Waals surface area contributed by atoms with Crippen molar-refractivity contribution in [3.05, 3.63) is 72.2 Å². The maximum absolute atomic E-state index is 12.7. The number of carbonyl (C=O) groups excluding carboxylic acids is 2. The number of rotatable bonds is 7. The highest BCUT2D eigenvalue weighted by Gasteiger charge is 2.23. The first kappa shape index (κ1) is 18.0. The Labute approximate surface area is 146 Å². The first-order chi connectivity index (χ1) is 12.0. The first-order valence-corrected chi connectivity index (χ1v) is 7.78. The average molecular weight is 337 g/mol. The molecule has 0 aliphatic heterocycles. The zero-order chi connectivity index (χ0) is 18.2. The molecule has 2 amide bonds. The van der Waals surface area contributed by atoms with Gasteiger partial charge in [0.15, 0.2) is 5.76 Å². The Morgan fingerprint density at radius 3 is 2.84 bits per heavy atom. The van der Waals surface area contributed by atoms with Crippen molar-refractivity contribution in [3.8, 4) is 6.07 Å². The quantitative estimate of drug-likeness (QED) is 0.787. The van der Waals surface area contributed by atoms with Crippen LogP contribution in [0, 0.1) is 11.3 Å². The second-order valence-electron chi connectivity index (χ2n) is 5.49. The summed E-state index contributed by atoms with van der Waals surface area (Å²) in [6.07, 6.45) is 3.01. The molecule has 2 aromatic rings. The Hall–Kier alpha value is -3.33. The minimum absolute atomic E-state index is 0.150. The van der Waals surface area contributed by atoms with Gasteiger partial charge < -0.3 is 14.6 Å². The molecule has 0 bridgehead atoms. The second-order valence-corrected chi connectivity index (χ2v) is 5.49. The summed E-state index contributed by atoms with van der Waals surface area (Å²) in [6, 6.07) is 11.5. The van der Waals surface area contributed by atoms with Crippen LogP contribution in [0.25, 0.3) is 0 Å². The van der Waals surface area contributed by atoms with Crippen LogP contribution < -0.4 is 5.32 Å². The van der Waals surface area contributed by atoms with E-state index in [1.54, 1.807) is 42.2 Å². The Kier molecular flexibility index (Phi) is 6.13. The highest BCUT2D eigenvalue weighted by molar-refractivity contribution is 5.95. The summed E-state index contributed by atoms with van der Waals surface area (Å²) in [5.74, 6) is -0.547. The van der Waals surface area contributed by atoms with Gasteiger partial charge in [-0.2, -0.15) is 5.26 Å². The fraction of sp³-hybridized carbons (Fsp3) is 0.211. The Morgan fingerprint density at radius 2 is 2.20 bits per heavy atom. The lowest BCUT2D eigenvalue weighted by molar-refractivity contribution is -0.132. The van der Waals surface area contributed by atoms with Crippen molar-refractivity contribution in [1.29, 1.82) is 5.26 Å². The minimum Gasteiger partial charge on any atom is -0.459 e. The number of hydrogen-bond acceptors (Lipinski definition) is 4. The lowest BCUT2D eigenvalue weighted by Gasteiger charge is -2.25. The monoisotopic (exact) mass is 337 g/mol. The molecule has 25 heavy (non-hydrogen) atoms. The van der Waals surface area contributed by atoms with Crippen molar-refractivity contribution in [2.75, 3.05) is 6.54 Å². The Balaban J connectivity index is 2.07. The van der Waals surface area contributed by atoms with E-state index >= 15 is 0 Å². The highest BCUT2D eigenvalue weighted by Crippen LogP contribution is 2.10. The minimum atomic E-state index is -0.725. The summed E-state index contributed by atoms with van der Waals surface area (Å²) in [5.41, 5.74) is 1.36. The molecular weight excluding hydrogens is 318 g/mol. The van der Waals surface area contributed by atoms with Gasteiger partial charge in [-0.15, -0.1) is 6.58 Å². The molecule has 0 saturated heterocycles. The molecule has 128 valence electrons. The third-order valence-corrected chi connectivity index (χ3v) is 3.55. The van der Waals surface area contributed by atoms with Crippen molar-refractivity contribution in [1.82, 2.24) is 10.2 Å². The van der Waals surface area contributed by atoms with E-state index in [0.29, 0.717) is 18.7 Å². The Morgan fingerprint density at radius 1 is 1.40 bits per heavy atom. The molecule has 1 N–H and O–H groups in total. The number of furan rings is 1. The number of amides is 2. The summed E-state index contributed by atoms with van der Waals surface area (Å²) in [6.45, 7) is 5.94. The van der Waals surface area contributed by atoms with Gasteiger partial charge in [-0.05, 0) is 36.8 Å². The summed E-state index contributed by atoms with van der Waals surface area (Å²) >= 11 is 0. The molecule has 1 aromatic carbocycles. The number of nitrogens with one attached hydrogen (secondary N) is 1. The molecule has 0 fully saturated rings. The number of nitriles is 1. The fourth-order valence-electron chi connectivity index (χ4n) is 2.36. The number of carbonyl (C=O) groups is 2. The molecule has 0 spiro atoms. The number of nitrogens with zero attached hydrogens (tertiary/aromatic N) is 2. The number of benzene rings is 1. The van der Waals surface area contributed by atoms with Gasteiger partial charge in [0.2, 0.25) is 5.91 Å². The predicted molar refractivity (Wildman–Crippen MR) is 92.4 cm³/mol. The van der Waals surface area contributed by atoms with Gasteiger partial charge in [-0.1, -0.05) is 18.2 Å². The molecule has 1 unspecified atom stereocenters. The Bertz CT molecular complexity index is 790. The van der Waals surface area contributed by atoms with E-state index in [9.17, 15) is 9.59 Å². The van der Waals surface area contributed by atoms with Crippen LogP contribution >= 0.6 is 0 Å². The summed E-state index contributed by atoms with van der Waals surface area (Å²) < 4.78 is 5.02. The smallest absolute Gasteiger partial charge is 0.287 e. The molecule has 6 nitrogen and oxygen atoms in total. The zero-order valence-corrected chi connectivity index (χ0v) is 13.9. The van der Waals surface area contributed by atoms with Crippen molar-refractivity contribution in [3.63, 3.8) is 0 Å². The maximum atomic E-state index is 12.7. The second kappa shape index (κ2) is 8.50. The SMILES string of the molecule is C=CCN(Cc1cccc(C#N)c1)C(=O)C(C)NC(=O)c1ccco1. The van der Waals surface area contributed by atoms with E-state index in [1.807, 2.05) is 6.07 Å². The first-order valence-electron chi connectivity index (χ1n) is 7.78. The van der Waals surface area contributed by atoms with Crippen molar-refractivity contribution >= 4 is 11.8 Å². The van der Waals surface area contributed by atoms with Crippen LogP contribution in [-0.4, -0.2) is 29.3 Å². The lowest BCUT2D eigenvalue weighted by atomic mass is 10.1. The molecule has 0 aliphatic carbocycles. The summed E-state index contributed by atoms with van der Waals surface area (Å²) in [4.78, 5) is 26.2. The van der Waals surface area contributed by atoms with Gasteiger partial charge in [-0.3, -0.25) is 9.59 Å². The molecular formula is C19H19N3O3. The molecule has 1 atom stereocenters. The van der Waals surface area contributed by atoms with Gasteiger partial charge in [-0.25, -0.2) is 0 Å². The molecule has 6 heteroatoms. The van der Waals surface area contributed by atoms with E-state index in [2.05, 4.69) is 18.0 Å². The van der Waals surface area contributed by atoms with Crippen molar-refractivity contribution < 1.29 is 14.0 Å². The summed E-state index contributed by atoms with van der Waals surface area (Å²) in [5, 5.41) is 11.6. The van der Waals surface area contributed by atoms with Gasteiger partial charge in [0.1, 0.15) is 6.04 Å². The van der Waals surface area contributed by atoms with Crippen LogP contribution in [0.3, 0.4) is 0 Å². The maximum Gasteiger partial charge on any atom is 0.287 e. The molecule has 0 saturated carbocycles. The van der Waals surface area contributed by atoms with Crippen LogP contribution in [0.2, 0.25) is 0 Å². The van der Waals surface area contributed by atoms with Gasteiger partial charge in [0, 0.05) is 13.1 Å². The molecule has 1 aromatic heterocycles. The predicted octanol–water partition coefficient (Wildman–Crippen LogP) is 2.48. The third kappa shape index (κ3) is 4.82. The van der Waals surface area contributed by atoms with Crippen LogP contribution in [0.4, 0.5) is 0 Å². The standard InChI is InChI=1S/C19H19N3O3/c1-3-9-22(13-16-7-4-6-15(11-16)12-20)19(24)14(2)21-18(23)17-8-5-10-25-17/h3-8,10-11,14H,1,9,13H2,2H3,(H,21,23). The van der Waals surface area contributed by atoms with E-state index < -0.39 is 11.9 Å². The molecule has 1 heterocycles. The lowest BCUT2D eigenvalue weighted by Crippen LogP contribution is -2.46. The van der Waals surface area contributed by atoms with E-state index in [1.165, 1.54) is 12.3 Å². The van der Waals surface area contributed by atoms with Gasteiger partial charge in [0.25, 0.3) is 5.91 Å². The van der Waals surface area contributed by atoms with Crippen LogP contribution in [-0.2, 0) is 11.3 Å². The highest BCUT2D eigenvalue weighted by atomic mass is 16.3. The number of hydrogen-bond donors (Lipinski definition) is 1. The van der Waals surface area contributed by atoms with Crippen LogP contribution in [0.5, 0.6) is 0 Å². The molecule has 0 radical (unpaired) electrons. The topological polar surface area (TPSA) is 86.3 Å². The fourth-order valence-corrected chi connectivity index (χ4v) is 2.36. The average Bonchev–Trinajstić information content (AvgIpc) is 3.15. The summed E-state index contributed by atoms with van der Waals surface area (Å²) in [7, 11) is 0. The third-order valence-electron chi connectivity index (χ3n) is 3.55. The van der Waals surface area contributed by atoms with Gasteiger partial charge in [0.05, 0.1) is 17.9 Å². The van der Waals surface area contributed by atoms with E-state index in [4.69, 9.17) is 9.68 Å². The van der Waals surface area contributed by atoms with E-state index in [0.717, 1.165) is 5.56 Å². The van der Waals surface area contributed by atoms with E-state index in [-0.39, 0.29) is 11.7 Å².